The monoisotopic (exact) mass is 714 g/mol. The Morgan fingerprint density at radius 2 is 1.24 bits per heavy atom. The molecule has 0 saturated carbocycles. The third-order valence-corrected chi connectivity index (χ3v) is 7.91. The Balaban J connectivity index is 1.42. The fraction of sp³-hybridized carbons (Fsp3) is 0.250. The van der Waals surface area contributed by atoms with Crippen molar-refractivity contribution in [2.75, 3.05) is 33.5 Å². The summed E-state index contributed by atoms with van der Waals surface area (Å²) in [5.41, 5.74) is 2.34. The van der Waals surface area contributed by atoms with Gasteiger partial charge >= 0.3 is 17.9 Å². The molecule has 0 aliphatic heterocycles. The topological polar surface area (TPSA) is 124 Å². The summed E-state index contributed by atoms with van der Waals surface area (Å²) in [6, 6.07) is 17.7. The number of methoxy groups -OCH3 is 1. The van der Waals surface area contributed by atoms with Crippen molar-refractivity contribution in [1.82, 2.24) is 0 Å². The quantitative estimate of drug-likeness (QED) is 0.0354. The molecule has 0 aromatic heterocycles. The molecule has 10 nitrogen and oxygen atoms in total. The normalized spacial score (nSPS) is 10.8. The Hall–Kier alpha value is -5.55. The lowest BCUT2D eigenvalue weighted by atomic mass is 10.2. The van der Waals surface area contributed by atoms with E-state index in [9.17, 15) is 19.2 Å². The summed E-state index contributed by atoms with van der Waals surface area (Å²) < 4.78 is 32.3. The molecule has 3 aromatic rings. The molecule has 3 aromatic carbocycles. The van der Waals surface area contributed by atoms with Gasteiger partial charge in [0.1, 0.15) is 11.5 Å². The number of rotatable bonds is 21. The van der Waals surface area contributed by atoms with Gasteiger partial charge in [-0.3, -0.25) is 4.79 Å². The molecule has 0 N–H and O–H groups in total. The van der Waals surface area contributed by atoms with Crippen LogP contribution in [0.1, 0.15) is 42.4 Å². The minimum absolute atomic E-state index is 0.176. The number of ether oxygens (including phenoxy) is 6. The van der Waals surface area contributed by atoms with Crippen LogP contribution in [-0.2, 0) is 28.7 Å². The molecule has 0 amide bonds. The highest BCUT2D eigenvalue weighted by Gasteiger charge is 2.10. The Kier molecular flexibility index (Phi) is 17.4. The van der Waals surface area contributed by atoms with Crippen LogP contribution in [0.4, 0.5) is 0 Å². The SMILES string of the molecule is C=CC(=O)OCCCCOc1ccc(C=CC(=O)Oc2ccc(SC(=O)C=Cc3ccc(OCCCCOC(=O)C=C)c(OC)c3)c(C)c2)cc1. The van der Waals surface area contributed by atoms with Crippen LogP contribution in [-0.4, -0.2) is 56.6 Å². The maximum atomic E-state index is 12.7. The lowest BCUT2D eigenvalue weighted by molar-refractivity contribution is -0.138. The van der Waals surface area contributed by atoms with Crippen LogP contribution in [0.25, 0.3) is 12.2 Å². The van der Waals surface area contributed by atoms with Gasteiger partial charge in [-0.25, -0.2) is 14.4 Å². The molecule has 0 unspecified atom stereocenters. The van der Waals surface area contributed by atoms with Crippen LogP contribution < -0.4 is 18.9 Å². The van der Waals surface area contributed by atoms with Crippen LogP contribution in [0.5, 0.6) is 23.0 Å². The van der Waals surface area contributed by atoms with Crippen molar-refractivity contribution >= 4 is 46.9 Å². The number of thioether (sulfide) groups is 1. The van der Waals surface area contributed by atoms with E-state index in [1.165, 1.54) is 12.2 Å². The number of hydrogen-bond acceptors (Lipinski definition) is 11. The maximum Gasteiger partial charge on any atom is 0.336 e. The molecule has 51 heavy (non-hydrogen) atoms. The summed E-state index contributed by atoms with van der Waals surface area (Å²) in [5.74, 6) is 0.737. The maximum absolute atomic E-state index is 12.7. The first-order valence-corrected chi connectivity index (χ1v) is 17.0. The van der Waals surface area contributed by atoms with Crippen LogP contribution in [0.2, 0.25) is 0 Å². The highest BCUT2D eigenvalue weighted by Crippen LogP contribution is 2.30. The summed E-state index contributed by atoms with van der Waals surface area (Å²) in [5, 5.41) is -0.176. The highest BCUT2D eigenvalue weighted by molar-refractivity contribution is 8.14. The van der Waals surface area contributed by atoms with E-state index >= 15 is 0 Å². The summed E-state index contributed by atoms with van der Waals surface area (Å²) in [4.78, 5) is 48.0. The third-order valence-electron chi connectivity index (χ3n) is 6.89. The summed E-state index contributed by atoms with van der Waals surface area (Å²) in [6.07, 6.45) is 11.2. The van der Waals surface area contributed by atoms with E-state index in [0.717, 1.165) is 51.9 Å². The predicted molar refractivity (Wildman–Crippen MR) is 197 cm³/mol. The minimum atomic E-state index is -0.537. The van der Waals surface area contributed by atoms with Gasteiger partial charge in [-0.15, -0.1) is 0 Å². The second-order valence-corrected chi connectivity index (χ2v) is 11.8. The van der Waals surface area contributed by atoms with E-state index in [2.05, 4.69) is 13.2 Å². The van der Waals surface area contributed by atoms with Gasteiger partial charge in [-0.1, -0.05) is 37.4 Å². The zero-order valence-corrected chi connectivity index (χ0v) is 29.6. The van der Waals surface area contributed by atoms with Crippen molar-refractivity contribution in [1.29, 1.82) is 0 Å². The van der Waals surface area contributed by atoms with Crippen molar-refractivity contribution in [2.45, 2.75) is 37.5 Å². The average molecular weight is 715 g/mol. The summed E-state index contributed by atoms with van der Waals surface area (Å²) >= 11 is 1.07. The number of esters is 3. The molecule has 0 atom stereocenters. The zero-order chi connectivity index (χ0) is 36.8. The average Bonchev–Trinajstić information content (AvgIpc) is 3.14. The Morgan fingerprint density at radius 1 is 0.647 bits per heavy atom. The molecule has 0 spiro atoms. The second-order valence-electron chi connectivity index (χ2n) is 10.8. The Labute approximate surface area is 302 Å². The van der Waals surface area contributed by atoms with Crippen molar-refractivity contribution in [3.8, 4) is 23.0 Å². The molecule has 0 aliphatic carbocycles. The molecule has 0 aliphatic rings. The summed E-state index contributed by atoms with van der Waals surface area (Å²) in [6.45, 7) is 10.1. The van der Waals surface area contributed by atoms with Gasteiger partial charge in [-0.05, 0) is 116 Å². The number of unbranched alkanes of at least 4 members (excludes halogenated alkanes) is 2. The number of benzene rings is 3. The first-order chi connectivity index (χ1) is 24.7. The molecule has 268 valence electrons. The first-order valence-electron chi connectivity index (χ1n) is 16.2. The van der Waals surface area contributed by atoms with Gasteiger partial charge in [0.15, 0.2) is 11.5 Å². The standard InChI is InChI=1S/C40H42O10S/c1-5-37(41)48-25-9-7-23-46-32-16-11-30(12-17-32)14-21-39(43)50-33-18-20-36(29(3)27-33)51-40(44)22-15-31-13-19-34(35(28-31)45-4)47-24-8-10-26-49-38(42)6-2/h5-6,11-22,27-28H,1-2,7-10,23-26H2,3-4H3. The van der Waals surface area contributed by atoms with Crippen molar-refractivity contribution in [3.63, 3.8) is 0 Å². The Morgan fingerprint density at radius 3 is 1.86 bits per heavy atom. The fourth-order valence-electron chi connectivity index (χ4n) is 4.25. The molecule has 0 saturated heterocycles. The molecular formula is C40H42O10S. The first kappa shape index (κ1) is 39.9. The lowest BCUT2D eigenvalue weighted by Crippen LogP contribution is -2.05. The second kappa shape index (κ2) is 22.2. The lowest BCUT2D eigenvalue weighted by Gasteiger charge is -2.11. The minimum Gasteiger partial charge on any atom is -0.494 e. The van der Waals surface area contributed by atoms with E-state index < -0.39 is 17.9 Å². The van der Waals surface area contributed by atoms with E-state index in [-0.39, 0.29) is 5.12 Å². The van der Waals surface area contributed by atoms with Gasteiger partial charge in [0.05, 0.1) is 33.5 Å². The van der Waals surface area contributed by atoms with Crippen molar-refractivity contribution in [3.05, 3.63) is 115 Å². The largest absolute Gasteiger partial charge is 0.494 e. The molecule has 0 fully saturated rings. The molecular weight excluding hydrogens is 672 g/mol. The van der Waals surface area contributed by atoms with Gasteiger partial charge in [-0.2, -0.15) is 0 Å². The van der Waals surface area contributed by atoms with Gasteiger partial charge in [0.25, 0.3) is 0 Å². The van der Waals surface area contributed by atoms with E-state index in [0.29, 0.717) is 68.7 Å². The van der Waals surface area contributed by atoms with Crippen molar-refractivity contribution < 1.29 is 47.6 Å². The summed E-state index contributed by atoms with van der Waals surface area (Å²) in [7, 11) is 1.54. The van der Waals surface area contributed by atoms with Crippen molar-refractivity contribution in [2.24, 2.45) is 0 Å². The smallest absolute Gasteiger partial charge is 0.336 e. The van der Waals surface area contributed by atoms with Crippen LogP contribution >= 0.6 is 11.8 Å². The number of carbonyl (C=O) groups excluding carboxylic acids is 4. The van der Waals surface area contributed by atoms with Gasteiger partial charge < -0.3 is 28.4 Å². The van der Waals surface area contributed by atoms with Gasteiger partial charge in [0, 0.05) is 23.1 Å². The van der Waals surface area contributed by atoms with Crippen LogP contribution in [0.15, 0.2) is 103 Å². The fourth-order valence-corrected chi connectivity index (χ4v) is 4.96. The molecule has 3 rings (SSSR count). The Bertz CT molecular complexity index is 1710. The predicted octanol–water partition coefficient (Wildman–Crippen LogP) is 7.73. The van der Waals surface area contributed by atoms with E-state index in [1.807, 2.05) is 25.1 Å². The molecule has 0 heterocycles. The van der Waals surface area contributed by atoms with Gasteiger partial charge in [0.2, 0.25) is 5.12 Å². The molecule has 0 bridgehead atoms. The van der Waals surface area contributed by atoms with Crippen LogP contribution in [0.3, 0.4) is 0 Å². The zero-order valence-electron chi connectivity index (χ0n) is 28.8. The number of aryl methyl sites for hydroxylation is 1. The number of carbonyl (C=O) groups is 4. The highest BCUT2D eigenvalue weighted by atomic mass is 32.2. The molecule has 0 radical (unpaired) electrons. The van der Waals surface area contributed by atoms with E-state index in [1.54, 1.807) is 61.7 Å². The number of hydrogen-bond donors (Lipinski definition) is 0. The van der Waals surface area contributed by atoms with E-state index in [4.69, 9.17) is 28.4 Å². The molecule has 11 heteroatoms. The third kappa shape index (κ3) is 15.3. The van der Waals surface area contributed by atoms with Crippen LogP contribution in [0, 0.1) is 6.92 Å².